The van der Waals surface area contributed by atoms with E-state index in [1.165, 1.54) is 18.4 Å². The van der Waals surface area contributed by atoms with E-state index in [2.05, 4.69) is 41.8 Å². The van der Waals surface area contributed by atoms with Crippen LogP contribution in [0.25, 0.3) is 0 Å². The summed E-state index contributed by atoms with van der Waals surface area (Å²) < 4.78 is 5.80. The molecule has 0 aliphatic carbocycles. The number of hydrogen-bond donors (Lipinski definition) is 2. The van der Waals surface area contributed by atoms with Crippen LogP contribution in [0.1, 0.15) is 25.3 Å². The molecule has 0 radical (unpaired) electrons. The normalized spacial score (nSPS) is 10.3. The van der Waals surface area contributed by atoms with Gasteiger partial charge in [-0.15, -0.1) is 0 Å². The van der Waals surface area contributed by atoms with Gasteiger partial charge in [0.15, 0.2) is 5.11 Å². The van der Waals surface area contributed by atoms with Crippen molar-refractivity contribution in [2.75, 3.05) is 10.6 Å². The molecule has 3 rings (SSSR count). The highest BCUT2D eigenvalue weighted by atomic mass is 32.1. The first-order valence-electron chi connectivity index (χ1n) is 9.23. The lowest BCUT2D eigenvalue weighted by atomic mass is 10.1. The largest absolute Gasteiger partial charge is 0.457 e. The van der Waals surface area contributed by atoms with Crippen LogP contribution in [0.4, 0.5) is 11.4 Å². The fourth-order valence-corrected chi connectivity index (χ4v) is 2.90. The minimum atomic E-state index is 0.563. The second kappa shape index (κ2) is 9.74. The van der Waals surface area contributed by atoms with Gasteiger partial charge in [0, 0.05) is 11.4 Å². The van der Waals surface area contributed by atoms with Crippen molar-refractivity contribution < 1.29 is 4.74 Å². The monoisotopic (exact) mass is 376 g/mol. The third kappa shape index (κ3) is 6.12. The predicted octanol–water partition coefficient (Wildman–Crippen LogP) is 6.63. The molecule has 138 valence electrons. The molecule has 0 aliphatic rings. The summed E-state index contributed by atoms with van der Waals surface area (Å²) in [5.74, 6) is 1.60. The van der Waals surface area contributed by atoms with Gasteiger partial charge >= 0.3 is 0 Å². The molecule has 0 atom stereocenters. The lowest BCUT2D eigenvalue weighted by molar-refractivity contribution is 0.483. The molecule has 0 spiro atoms. The fourth-order valence-electron chi connectivity index (χ4n) is 2.66. The van der Waals surface area contributed by atoms with E-state index in [-0.39, 0.29) is 0 Å². The van der Waals surface area contributed by atoms with Gasteiger partial charge < -0.3 is 15.4 Å². The molecule has 27 heavy (non-hydrogen) atoms. The molecule has 0 saturated carbocycles. The summed E-state index contributed by atoms with van der Waals surface area (Å²) in [6.07, 6.45) is 3.55. The van der Waals surface area contributed by atoms with Crippen LogP contribution in [0.2, 0.25) is 0 Å². The lowest BCUT2D eigenvalue weighted by Crippen LogP contribution is -2.18. The van der Waals surface area contributed by atoms with Crippen molar-refractivity contribution in [3.05, 3.63) is 84.4 Å². The number of rotatable bonds is 7. The third-order valence-electron chi connectivity index (χ3n) is 4.12. The van der Waals surface area contributed by atoms with Gasteiger partial charge in [-0.2, -0.15) is 0 Å². The maximum absolute atomic E-state index is 5.80. The Bertz CT molecular complexity index is 846. The number of ether oxygens (including phenoxy) is 1. The first-order chi connectivity index (χ1) is 13.2. The number of para-hydroxylation sites is 1. The second-order valence-corrected chi connectivity index (χ2v) is 6.73. The van der Waals surface area contributed by atoms with E-state index >= 15 is 0 Å². The van der Waals surface area contributed by atoms with Crippen LogP contribution in [0.5, 0.6) is 11.5 Å². The van der Waals surface area contributed by atoms with Crippen molar-refractivity contribution in [1.29, 1.82) is 0 Å². The van der Waals surface area contributed by atoms with Crippen molar-refractivity contribution in [2.45, 2.75) is 26.2 Å². The van der Waals surface area contributed by atoms with Gasteiger partial charge in [0.1, 0.15) is 11.5 Å². The van der Waals surface area contributed by atoms with Gasteiger partial charge in [-0.05, 0) is 79.2 Å². The number of unbranched alkanes of at least 4 members (excludes halogenated alkanes) is 1. The Labute approximate surface area is 166 Å². The zero-order valence-corrected chi connectivity index (χ0v) is 16.3. The summed E-state index contributed by atoms with van der Waals surface area (Å²) in [6.45, 7) is 2.21. The smallest absolute Gasteiger partial charge is 0.175 e. The summed E-state index contributed by atoms with van der Waals surface area (Å²) in [4.78, 5) is 0. The van der Waals surface area contributed by atoms with Gasteiger partial charge in [0.25, 0.3) is 0 Å². The van der Waals surface area contributed by atoms with Crippen molar-refractivity contribution in [2.24, 2.45) is 0 Å². The van der Waals surface area contributed by atoms with Crippen LogP contribution in [-0.4, -0.2) is 5.11 Å². The van der Waals surface area contributed by atoms with Crippen LogP contribution in [-0.2, 0) is 6.42 Å². The molecular weight excluding hydrogens is 352 g/mol. The molecule has 0 fully saturated rings. The average Bonchev–Trinajstić information content (AvgIpc) is 2.70. The van der Waals surface area contributed by atoms with Crippen molar-refractivity contribution in [1.82, 2.24) is 0 Å². The predicted molar refractivity (Wildman–Crippen MR) is 118 cm³/mol. The number of thiocarbonyl (C=S) groups is 1. The van der Waals surface area contributed by atoms with Gasteiger partial charge in [0.05, 0.1) is 0 Å². The molecule has 0 aliphatic heterocycles. The molecule has 0 amide bonds. The van der Waals surface area contributed by atoms with E-state index in [0.29, 0.717) is 5.11 Å². The Balaban J connectivity index is 1.51. The molecule has 3 nitrogen and oxygen atoms in total. The van der Waals surface area contributed by atoms with E-state index in [1.54, 1.807) is 0 Å². The Hall–Kier alpha value is -2.85. The highest BCUT2D eigenvalue weighted by Crippen LogP contribution is 2.22. The molecule has 0 aromatic heterocycles. The fraction of sp³-hybridized carbons (Fsp3) is 0.174. The van der Waals surface area contributed by atoms with Crippen LogP contribution in [0.3, 0.4) is 0 Å². The SMILES string of the molecule is CCCCc1ccc(NC(=S)Nc2ccc(Oc3ccccc3)cc2)cc1. The van der Waals surface area contributed by atoms with Crippen LogP contribution in [0, 0.1) is 0 Å². The Morgan fingerprint density at radius 1 is 0.778 bits per heavy atom. The Kier molecular flexibility index (Phi) is 6.83. The summed E-state index contributed by atoms with van der Waals surface area (Å²) in [5, 5.41) is 6.98. The third-order valence-corrected chi connectivity index (χ3v) is 4.33. The number of hydrogen-bond acceptors (Lipinski definition) is 2. The first-order valence-corrected chi connectivity index (χ1v) is 9.63. The molecule has 4 heteroatoms. The second-order valence-electron chi connectivity index (χ2n) is 6.32. The van der Waals surface area contributed by atoms with Crippen molar-refractivity contribution >= 4 is 28.7 Å². The van der Waals surface area contributed by atoms with Crippen molar-refractivity contribution in [3.8, 4) is 11.5 Å². The molecule has 0 saturated heterocycles. The highest BCUT2D eigenvalue weighted by Gasteiger charge is 2.01. The summed E-state index contributed by atoms with van der Waals surface area (Å²) >= 11 is 5.41. The molecule has 3 aromatic carbocycles. The van der Waals surface area contributed by atoms with E-state index in [4.69, 9.17) is 17.0 Å². The number of anilines is 2. The van der Waals surface area contributed by atoms with Gasteiger partial charge in [0.2, 0.25) is 0 Å². The summed E-state index contributed by atoms with van der Waals surface area (Å²) in [6, 6.07) is 25.9. The molecule has 2 N–H and O–H groups in total. The summed E-state index contributed by atoms with van der Waals surface area (Å²) in [7, 11) is 0. The molecule has 0 heterocycles. The maximum atomic E-state index is 5.80. The molecule has 0 bridgehead atoms. The van der Waals surface area contributed by atoms with E-state index < -0.39 is 0 Å². The number of nitrogens with one attached hydrogen (secondary N) is 2. The van der Waals surface area contributed by atoms with Crippen molar-refractivity contribution in [3.63, 3.8) is 0 Å². The zero-order chi connectivity index (χ0) is 18.9. The van der Waals surface area contributed by atoms with Crippen LogP contribution < -0.4 is 15.4 Å². The number of aryl methyl sites for hydroxylation is 1. The van der Waals surface area contributed by atoms with E-state index in [0.717, 1.165) is 29.3 Å². The Morgan fingerprint density at radius 3 is 1.93 bits per heavy atom. The minimum Gasteiger partial charge on any atom is -0.457 e. The van der Waals surface area contributed by atoms with E-state index in [9.17, 15) is 0 Å². The minimum absolute atomic E-state index is 0.563. The topological polar surface area (TPSA) is 33.3 Å². The van der Waals surface area contributed by atoms with Gasteiger partial charge in [-0.25, -0.2) is 0 Å². The maximum Gasteiger partial charge on any atom is 0.175 e. The summed E-state index contributed by atoms with van der Waals surface area (Å²) in [5.41, 5.74) is 3.25. The van der Waals surface area contributed by atoms with Crippen LogP contribution in [0.15, 0.2) is 78.9 Å². The van der Waals surface area contributed by atoms with Gasteiger partial charge in [-0.3, -0.25) is 0 Å². The highest BCUT2D eigenvalue weighted by molar-refractivity contribution is 7.80. The van der Waals surface area contributed by atoms with E-state index in [1.807, 2.05) is 54.6 Å². The quantitative estimate of drug-likeness (QED) is 0.453. The van der Waals surface area contributed by atoms with Crippen LogP contribution >= 0.6 is 12.2 Å². The number of benzene rings is 3. The zero-order valence-electron chi connectivity index (χ0n) is 15.4. The molecule has 0 unspecified atom stereocenters. The molecule has 3 aromatic rings. The average molecular weight is 377 g/mol. The Morgan fingerprint density at radius 2 is 1.33 bits per heavy atom. The first kappa shape index (κ1) is 18.9. The standard InChI is InChI=1S/C23H24N2OS/c1-2-3-7-18-10-12-19(13-11-18)24-23(27)25-20-14-16-22(17-15-20)26-21-8-5-4-6-9-21/h4-6,8-17H,2-3,7H2,1H3,(H2,24,25,27). The lowest BCUT2D eigenvalue weighted by Gasteiger charge is -2.12. The van der Waals surface area contributed by atoms with Gasteiger partial charge in [-0.1, -0.05) is 43.7 Å². The molecular formula is C23H24N2OS.